The summed E-state index contributed by atoms with van der Waals surface area (Å²) in [6, 6.07) is 4.15. The van der Waals surface area contributed by atoms with E-state index in [0.717, 1.165) is 6.07 Å². The molecule has 10 heteroatoms. The van der Waals surface area contributed by atoms with E-state index in [-0.39, 0.29) is 22.8 Å². The van der Waals surface area contributed by atoms with E-state index in [0.29, 0.717) is 6.07 Å². The van der Waals surface area contributed by atoms with Crippen LogP contribution in [0.4, 0.5) is 18.9 Å². The van der Waals surface area contributed by atoms with E-state index in [1.807, 2.05) is 5.32 Å². The Bertz CT molecular complexity index is 909. The molecule has 29 heavy (non-hydrogen) atoms. The number of nitrogens with one attached hydrogen (secondary N) is 1. The predicted molar refractivity (Wildman–Crippen MR) is 95.9 cm³/mol. The molecule has 0 aromatic heterocycles. The molecule has 0 saturated heterocycles. The lowest BCUT2D eigenvalue weighted by atomic mass is 10.2. The Balaban J connectivity index is 2.16. The van der Waals surface area contributed by atoms with Crippen LogP contribution in [0.5, 0.6) is 17.2 Å². The molecule has 2 aromatic carbocycles. The van der Waals surface area contributed by atoms with Gasteiger partial charge in [-0.1, -0.05) is 0 Å². The number of hydrogen-bond acceptors (Lipinski definition) is 6. The molecule has 0 aliphatic carbocycles. The van der Waals surface area contributed by atoms with E-state index < -0.39 is 41.1 Å². The molecule has 0 spiro atoms. The van der Waals surface area contributed by atoms with Crippen molar-refractivity contribution in [1.82, 2.24) is 0 Å². The Kier molecular flexibility index (Phi) is 6.92. The minimum atomic E-state index is -1.73. The normalized spacial score (nSPS) is 11.4. The van der Waals surface area contributed by atoms with Crippen LogP contribution in [0.15, 0.2) is 24.3 Å². The van der Waals surface area contributed by atoms with Crippen LogP contribution in [0, 0.1) is 17.5 Å². The van der Waals surface area contributed by atoms with Crippen LogP contribution in [0.2, 0.25) is 0 Å². The summed E-state index contributed by atoms with van der Waals surface area (Å²) in [4.78, 5) is 24.5. The highest BCUT2D eigenvalue weighted by atomic mass is 19.2. The highest BCUT2D eigenvalue weighted by molar-refractivity contribution is 5.97. The van der Waals surface area contributed by atoms with Crippen LogP contribution in [0.1, 0.15) is 17.3 Å². The smallest absolute Gasteiger partial charge is 0.339 e. The van der Waals surface area contributed by atoms with Gasteiger partial charge in [-0.05, 0) is 31.2 Å². The molecular weight excluding hydrogens is 395 g/mol. The van der Waals surface area contributed by atoms with E-state index in [9.17, 15) is 22.8 Å². The van der Waals surface area contributed by atoms with Gasteiger partial charge in [0, 0.05) is 0 Å². The van der Waals surface area contributed by atoms with E-state index in [1.165, 1.54) is 40.4 Å². The topological polar surface area (TPSA) is 83.1 Å². The third-order valence-corrected chi connectivity index (χ3v) is 3.85. The summed E-state index contributed by atoms with van der Waals surface area (Å²) < 4.78 is 60.4. The first-order valence-corrected chi connectivity index (χ1v) is 8.18. The summed E-state index contributed by atoms with van der Waals surface area (Å²) in [7, 11) is 4.11. The molecule has 1 atom stereocenters. The first-order valence-electron chi connectivity index (χ1n) is 8.18. The Hall–Kier alpha value is -3.43. The average molecular weight is 413 g/mol. The van der Waals surface area contributed by atoms with Gasteiger partial charge in [0.2, 0.25) is 5.75 Å². The number of methoxy groups -OCH3 is 3. The molecule has 156 valence electrons. The van der Waals surface area contributed by atoms with Crippen molar-refractivity contribution in [3.8, 4) is 17.2 Å². The molecule has 2 aromatic rings. The fraction of sp³-hybridized carbons (Fsp3) is 0.263. The fourth-order valence-electron chi connectivity index (χ4n) is 2.34. The SMILES string of the molecule is COc1cc(C(=O)O[C@@H](C)C(=O)Nc2ccc(F)c(F)c2F)cc(OC)c1OC. The summed E-state index contributed by atoms with van der Waals surface area (Å²) in [5.41, 5.74) is -0.595. The fourth-order valence-corrected chi connectivity index (χ4v) is 2.34. The minimum absolute atomic E-state index is 0.00171. The van der Waals surface area contributed by atoms with Crippen LogP contribution in [0.25, 0.3) is 0 Å². The molecule has 0 heterocycles. The Labute approximate surface area is 164 Å². The lowest BCUT2D eigenvalue weighted by Gasteiger charge is -2.16. The van der Waals surface area contributed by atoms with E-state index >= 15 is 0 Å². The first kappa shape index (κ1) is 21.9. The van der Waals surface area contributed by atoms with Crippen LogP contribution < -0.4 is 19.5 Å². The molecule has 2 rings (SSSR count). The standard InChI is InChI=1S/C19H18F3NO6/c1-9(18(24)23-12-6-5-11(20)15(21)16(12)22)29-19(25)10-7-13(26-2)17(28-4)14(8-10)27-3/h5-9H,1-4H3,(H,23,24)/t9-/m0/s1. The lowest BCUT2D eigenvalue weighted by molar-refractivity contribution is -0.123. The van der Waals surface area contributed by atoms with Gasteiger partial charge in [0.05, 0.1) is 32.6 Å². The molecule has 1 amide bonds. The van der Waals surface area contributed by atoms with E-state index in [4.69, 9.17) is 18.9 Å². The number of esters is 1. The number of ether oxygens (including phenoxy) is 4. The molecule has 0 saturated carbocycles. The molecule has 7 nitrogen and oxygen atoms in total. The molecule has 0 fully saturated rings. The highest BCUT2D eigenvalue weighted by Crippen LogP contribution is 2.38. The van der Waals surface area contributed by atoms with Gasteiger partial charge >= 0.3 is 5.97 Å². The van der Waals surface area contributed by atoms with Crippen molar-refractivity contribution in [2.24, 2.45) is 0 Å². The third kappa shape index (κ3) is 4.71. The molecule has 0 aliphatic heterocycles. The Morgan fingerprint density at radius 1 is 0.931 bits per heavy atom. The van der Waals surface area contributed by atoms with Gasteiger partial charge in [-0.25, -0.2) is 18.0 Å². The van der Waals surface area contributed by atoms with Gasteiger partial charge in [-0.15, -0.1) is 0 Å². The Morgan fingerprint density at radius 2 is 1.52 bits per heavy atom. The van der Waals surface area contributed by atoms with Gasteiger partial charge in [0.25, 0.3) is 5.91 Å². The Morgan fingerprint density at radius 3 is 2.03 bits per heavy atom. The van der Waals surface area contributed by atoms with Crippen LogP contribution in [-0.2, 0) is 9.53 Å². The summed E-state index contributed by atoms with van der Waals surface area (Å²) in [6.07, 6.45) is -1.38. The molecule has 0 radical (unpaired) electrons. The summed E-state index contributed by atoms with van der Waals surface area (Å²) in [5, 5.41) is 2.03. The zero-order valence-electron chi connectivity index (χ0n) is 16.0. The third-order valence-electron chi connectivity index (χ3n) is 3.85. The maximum Gasteiger partial charge on any atom is 0.339 e. The van der Waals surface area contributed by atoms with E-state index in [2.05, 4.69) is 0 Å². The van der Waals surface area contributed by atoms with Crippen molar-refractivity contribution in [1.29, 1.82) is 0 Å². The van der Waals surface area contributed by atoms with Gasteiger partial charge < -0.3 is 24.3 Å². The minimum Gasteiger partial charge on any atom is -0.493 e. The highest BCUT2D eigenvalue weighted by Gasteiger charge is 2.24. The van der Waals surface area contributed by atoms with E-state index in [1.54, 1.807) is 0 Å². The van der Waals surface area contributed by atoms with Crippen molar-refractivity contribution < 1.29 is 41.7 Å². The number of benzene rings is 2. The van der Waals surface area contributed by atoms with Crippen LogP contribution >= 0.6 is 0 Å². The maximum atomic E-state index is 13.7. The average Bonchev–Trinajstić information content (AvgIpc) is 2.72. The number of carbonyl (C=O) groups is 2. The first-order chi connectivity index (χ1) is 13.7. The van der Waals surface area contributed by atoms with Gasteiger partial charge in [0.15, 0.2) is 35.1 Å². The largest absolute Gasteiger partial charge is 0.493 e. The zero-order valence-corrected chi connectivity index (χ0v) is 16.0. The number of hydrogen-bond donors (Lipinski definition) is 1. The summed E-state index contributed by atoms with van der Waals surface area (Å²) in [5.74, 6) is -5.91. The molecule has 1 N–H and O–H groups in total. The molecule has 0 bridgehead atoms. The number of rotatable bonds is 7. The van der Waals surface area contributed by atoms with Gasteiger partial charge in [0.1, 0.15) is 0 Å². The van der Waals surface area contributed by atoms with Crippen molar-refractivity contribution >= 4 is 17.6 Å². The summed E-state index contributed by atoms with van der Waals surface area (Å²) in [6.45, 7) is 1.23. The number of amides is 1. The van der Waals surface area contributed by atoms with Crippen LogP contribution in [0.3, 0.4) is 0 Å². The van der Waals surface area contributed by atoms with Crippen molar-refractivity contribution in [3.05, 3.63) is 47.3 Å². The molecule has 0 aliphatic rings. The van der Waals surface area contributed by atoms with Crippen molar-refractivity contribution in [3.63, 3.8) is 0 Å². The number of halogens is 3. The van der Waals surface area contributed by atoms with Crippen LogP contribution in [-0.4, -0.2) is 39.3 Å². The number of anilines is 1. The van der Waals surface area contributed by atoms with Gasteiger partial charge in [-0.3, -0.25) is 4.79 Å². The zero-order chi connectivity index (χ0) is 21.7. The predicted octanol–water partition coefficient (Wildman–Crippen LogP) is 3.31. The molecular formula is C19H18F3NO6. The monoisotopic (exact) mass is 413 g/mol. The lowest BCUT2D eigenvalue weighted by Crippen LogP contribution is -2.30. The van der Waals surface area contributed by atoms with Crippen molar-refractivity contribution in [2.75, 3.05) is 26.6 Å². The summed E-state index contributed by atoms with van der Waals surface area (Å²) >= 11 is 0. The maximum absolute atomic E-state index is 13.7. The second-order valence-corrected chi connectivity index (χ2v) is 5.67. The van der Waals surface area contributed by atoms with Crippen molar-refractivity contribution in [2.45, 2.75) is 13.0 Å². The van der Waals surface area contributed by atoms with Gasteiger partial charge in [-0.2, -0.15) is 0 Å². The second-order valence-electron chi connectivity index (χ2n) is 5.67. The second kappa shape index (κ2) is 9.18. The quantitative estimate of drug-likeness (QED) is 0.554. The number of carbonyl (C=O) groups excluding carboxylic acids is 2. The molecule has 0 unspecified atom stereocenters.